The highest BCUT2D eigenvalue weighted by molar-refractivity contribution is 6.03. The normalized spacial score (nSPS) is 15.2. The first-order valence-electron chi connectivity index (χ1n) is 8.91. The van der Waals surface area contributed by atoms with E-state index in [2.05, 4.69) is 38.1 Å². The van der Waals surface area contributed by atoms with Gasteiger partial charge in [0.1, 0.15) is 5.69 Å². The first-order valence-corrected chi connectivity index (χ1v) is 8.91. The number of hydrogen-bond donors (Lipinski definition) is 1. The summed E-state index contributed by atoms with van der Waals surface area (Å²) in [5.74, 6) is -0.197. The fraction of sp³-hybridized carbons (Fsp3) is 0.300. The molecule has 0 radical (unpaired) electrons. The number of fused-ring (bicyclic) bond motifs is 1. The van der Waals surface area contributed by atoms with Gasteiger partial charge in [-0.15, -0.1) is 0 Å². The highest BCUT2D eigenvalue weighted by Gasteiger charge is 2.11. The third kappa shape index (κ3) is 3.76. The third-order valence-corrected chi connectivity index (χ3v) is 4.69. The van der Waals surface area contributed by atoms with Crippen LogP contribution in [0.4, 0.5) is 5.69 Å². The average Bonchev–Trinajstić information content (AvgIpc) is 3.10. The lowest BCUT2D eigenvalue weighted by Gasteiger charge is -2.26. The second-order valence-corrected chi connectivity index (χ2v) is 6.41. The van der Waals surface area contributed by atoms with Crippen molar-refractivity contribution in [1.29, 1.82) is 0 Å². The third-order valence-electron chi connectivity index (χ3n) is 4.69. The van der Waals surface area contributed by atoms with Gasteiger partial charge in [-0.25, -0.2) is 0 Å². The molecule has 26 heavy (non-hydrogen) atoms. The summed E-state index contributed by atoms with van der Waals surface area (Å²) in [6.45, 7) is 5.62. The van der Waals surface area contributed by atoms with Crippen molar-refractivity contribution in [2.45, 2.75) is 6.54 Å². The van der Waals surface area contributed by atoms with E-state index in [0.29, 0.717) is 5.69 Å². The van der Waals surface area contributed by atoms with Crippen LogP contribution < -0.4 is 5.32 Å². The number of pyridine rings is 1. The number of nitrogens with one attached hydrogen (secondary N) is 1. The molecule has 1 aliphatic heterocycles. The molecule has 1 N–H and O–H groups in total. The topological polar surface area (TPSA) is 59.4 Å². The molecular formula is C20H22N4O2. The van der Waals surface area contributed by atoms with Crippen molar-refractivity contribution in [3.05, 3.63) is 60.6 Å². The summed E-state index contributed by atoms with van der Waals surface area (Å²) in [4.78, 5) is 18.7. The van der Waals surface area contributed by atoms with Crippen LogP contribution >= 0.6 is 0 Å². The summed E-state index contributed by atoms with van der Waals surface area (Å²) in [7, 11) is 0. The summed E-state index contributed by atoms with van der Waals surface area (Å²) in [5.41, 5.74) is 2.36. The predicted molar refractivity (Wildman–Crippen MR) is 101 cm³/mol. The fourth-order valence-corrected chi connectivity index (χ4v) is 3.24. The average molecular weight is 350 g/mol. The smallest absolute Gasteiger partial charge is 0.274 e. The first kappa shape index (κ1) is 16.8. The van der Waals surface area contributed by atoms with Crippen molar-refractivity contribution in [3.63, 3.8) is 0 Å². The standard InChI is InChI=1S/C20H22N4O2/c25-20(18-3-1-2-7-21-18)22-17-4-5-19-16(15-17)6-8-24(19)10-9-23-11-13-26-14-12-23/h1-8,15H,9-14H2,(H,22,25). The summed E-state index contributed by atoms with van der Waals surface area (Å²) < 4.78 is 7.66. The highest BCUT2D eigenvalue weighted by Crippen LogP contribution is 2.21. The molecule has 0 spiro atoms. The lowest BCUT2D eigenvalue weighted by molar-refractivity contribution is 0.0365. The molecule has 0 unspecified atom stereocenters. The Kier molecular flexibility index (Phi) is 4.95. The monoisotopic (exact) mass is 350 g/mol. The molecule has 0 bridgehead atoms. The van der Waals surface area contributed by atoms with Gasteiger partial charge in [-0.2, -0.15) is 0 Å². The number of carbonyl (C=O) groups excluding carboxylic acids is 1. The molecule has 1 fully saturated rings. The number of benzene rings is 1. The molecule has 3 aromatic rings. The Bertz CT molecular complexity index is 885. The van der Waals surface area contributed by atoms with Crippen LogP contribution in [0, 0.1) is 0 Å². The van der Waals surface area contributed by atoms with E-state index < -0.39 is 0 Å². The molecule has 1 aliphatic rings. The predicted octanol–water partition coefficient (Wildman–Crippen LogP) is 2.62. The first-order chi connectivity index (χ1) is 12.8. The summed E-state index contributed by atoms with van der Waals surface area (Å²) in [6.07, 6.45) is 3.72. The van der Waals surface area contributed by atoms with Gasteiger partial charge in [0, 0.05) is 55.2 Å². The number of nitrogens with zero attached hydrogens (tertiary/aromatic N) is 3. The number of aromatic nitrogens is 2. The van der Waals surface area contributed by atoms with Gasteiger partial charge in [0.15, 0.2) is 0 Å². The van der Waals surface area contributed by atoms with Crippen molar-refractivity contribution in [2.75, 3.05) is 38.2 Å². The van der Waals surface area contributed by atoms with Gasteiger partial charge in [-0.3, -0.25) is 14.7 Å². The van der Waals surface area contributed by atoms with Gasteiger partial charge >= 0.3 is 0 Å². The van der Waals surface area contributed by atoms with E-state index in [1.807, 2.05) is 12.1 Å². The Morgan fingerprint density at radius 3 is 2.81 bits per heavy atom. The van der Waals surface area contributed by atoms with E-state index in [9.17, 15) is 4.79 Å². The van der Waals surface area contributed by atoms with E-state index in [0.717, 1.165) is 50.5 Å². The molecule has 2 aromatic heterocycles. The molecule has 134 valence electrons. The van der Waals surface area contributed by atoms with Crippen molar-refractivity contribution in [3.8, 4) is 0 Å². The van der Waals surface area contributed by atoms with Crippen LogP contribution in [0.2, 0.25) is 0 Å². The molecule has 0 atom stereocenters. The van der Waals surface area contributed by atoms with Gasteiger partial charge in [0.05, 0.1) is 13.2 Å². The maximum Gasteiger partial charge on any atom is 0.274 e. The van der Waals surface area contributed by atoms with Crippen LogP contribution in [-0.4, -0.2) is 53.2 Å². The Hall–Kier alpha value is -2.70. The molecule has 0 saturated carbocycles. The lowest BCUT2D eigenvalue weighted by atomic mass is 10.2. The maximum absolute atomic E-state index is 12.2. The van der Waals surface area contributed by atoms with Crippen molar-refractivity contribution in [2.24, 2.45) is 0 Å². The zero-order valence-corrected chi connectivity index (χ0v) is 14.6. The molecule has 1 amide bonds. The number of amides is 1. The molecule has 3 heterocycles. The molecule has 4 rings (SSSR count). The molecule has 1 aromatic carbocycles. The Morgan fingerprint density at radius 2 is 2.00 bits per heavy atom. The van der Waals surface area contributed by atoms with Crippen LogP contribution in [0.1, 0.15) is 10.5 Å². The second kappa shape index (κ2) is 7.68. The highest BCUT2D eigenvalue weighted by atomic mass is 16.5. The number of hydrogen-bond acceptors (Lipinski definition) is 4. The Balaban J connectivity index is 1.44. The van der Waals surface area contributed by atoms with E-state index in [4.69, 9.17) is 4.74 Å². The van der Waals surface area contributed by atoms with E-state index >= 15 is 0 Å². The zero-order chi connectivity index (χ0) is 17.8. The largest absolute Gasteiger partial charge is 0.379 e. The Labute approximate surface area is 152 Å². The van der Waals surface area contributed by atoms with Crippen LogP contribution in [-0.2, 0) is 11.3 Å². The molecule has 6 nitrogen and oxygen atoms in total. The summed E-state index contributed by atoms with van der Waals surface area (Å²) in [6, 6.07) is 13.4. The SMILES string of the molecule is O=C(Nc1ccc2c(ccn2CCN2CCOCC2)c1)c1ccccn1. The minimum Gasteiger partial charge on any atom is -0.379 e. The van der Waals surface area contributed by atoms with E-state index in [1.54, 1.807) is 24.4 Å². The Morgan fingerprint density at radius 1 is 1.12 bits per heavy atom. The van der Waals surface area contributed by atoms with Crippen LogP contribution in [0.25, 0.3) is 10.9 Å². The molecule has 1 saturated heterocycles. The number of anilines is 1. The molecule has 0 aliphatic carbocycles. The fourth-order valence-electron chi connectivity index (χ4n) is 3.24. The second-order valence-electron chi connectivity index (χ2n) is 6.41. The van der Waals surface area contributed by atoms with Crippen molar-refractivity contribution in [1.82, 2.24) is 14.5 Å². The van der Waals surface area contributed by atoms with E-state index in [-0.39, 0.29) is 5.91 Å². The maximum atomic E-state index is 12.2. The minimum absolute atomic E-state index is 0.197. The van der Waals surface area contributed by atoms with Crippen molar-refractivity contribution < 1.29 is 9.53 Å². The van der Waals surface area contributed by atoms with Gasteiger partial charge in [0.25, 0.3) is 5.91 Å². The summed E-state index contributed by atoms with van der Waals surface area (Å²) >= 11 is 0. The lowest BCUT2D eigenvalue weighted by Crippen LogP contribution is -2.38. The molecule has 6 heteroatoms. The van der Waals surface area contributed by atoms with Crippen LogP contribution in [0.3, 0.4) is 0 Å². The number of ether oxygens (including phenoxy) is 1. The van der Waals surface area contributed by atoms with Crippen LogP contribution in [0.5, 0.6) is 0 Å². The van der Waals surface area contributed by atoms with Gasteiger partial charge in [0.2, 0.25) is 0 Å². The van der Waals surface area contributed by atoms with Gasteiger partial charge < -0.3 is 14.6 Å². The van der Waals surface area contributed by atoms with Crippen molar-refractivity contribution >= 4 is 22.5 Å². The van der Waals surface area contributed by atoms with E-state index in [1.165, 1.54) is 5.52 Å². The summed E-state index contributed by atoms with van der Waals surface area (Å²) in [5, 5.41) is 4.03. The van der Waals surface area contributed by atoms with Gasteiger partial charge in [-0.1, -0.05) is 6.07 Å². The number of rotatable bonds is 5. The zero-order valence-electron chi connectivity index (χ0n) is 14.6. The minimum atomic E-state index is -0.197. The van der Waals surface area contributed by atoms with Gasteiger partial charge in [-0.05, 0) is 36.4 Å². The van der Waals surface area contributed by atoms with Crippen LogP contribution in [0.15, 0.2) is 54.9 Å². The number of morpholine rings is 1. The quantitative estimate of drug-likeness (QED) is 0.768. The number of carbonyl (C=O) groups is 1. The molecular weight excluding hydrogens is 328 g/mol.